The maximum Gasteiger partial charge on any atom is 1.00 e. The number of esters is 1. The number of carbonyl (C=O) groups is 3. The van der Waals surface area contributed by atoms with E-state index in [9.17, 15) is 19.5 Å². The number of aliphatic carboxylic acids is 1. The van der Waals surface area contributed by atoms with Crippen LogP contribution in [0.1, 0.15) is 76.7 Å². The van der Waals surface area contributed by atoms with Crippen molar-refractivity contribution in [3.05, 3.63) is 42.0 Å². The molecule has 0 heterocycles. The molecule has 1 atom stereocenters. The first-order valence-corrected chi connectivity index (χ1v) is 11.7. The van der Waals surface area contributed by atoms with Crippen LogP contribution in [0.25, 0.3) is 0 Å². The van der Waals surface area contributed by atoms with Gasteiger partial charge < -0.3 is 19.8 Å². The van der Waals surface area contributed by atoms with Gasteiger partial charge in [-0.2, -0.15) is 0 Å². The average molecular weight is 486 g/mol. The summed E-state index contributed by atoms with van der Waals surface area (Å²) >= 11 is 0. The van der Waals surface area contributed by atoms with Crippen LogP contribution in [0.2, 0.25) is 0 Å². The van der Waals surface area contributed by atoms with Gasteiger partial charge in [0.25, 0.3) is 0 Å². The quantitative estimate of drug-likeness (QED) is 0.103. The van der Waals surface area contributed by atoms with Gasteiger partial charge in [-0.3, -0.25) is 4.79 Å². The van der Waals surface area contributed by atoms with E-state index in [-0.39, 0.29) is 48.3 Å². The van der Waals surface area contributed by atoms with E-state index in [1.807, 2.05) is 0 Å². The molecule has 0 fully saturated rings. The molecule has 9 heteroatoms. The Balaban J connectivity index is 0.0000109. The van der Waals surface area contributed by atoms with E-state index in [1.54, 1.807) is 12.1 Å². The van der Waals surface area contributed by atoms with E-state index in [0.29, 0.717) is 11.6 Å². The molecular formula is C25H36NNaO7. The molecule has 0 spiro atoms. The monoisotopic (exact) mass is 485 g/mol. The van der Waals surface area contributed by atoms with Crippen LogP contribution in [-0.4, -0.2) is 35.7 Å². The Bertz CT molecular complexity index is 737. The van der Waals surface area contributed by atoms with Gasteiger partial charge in [-0.05, 0) is 12.0 Å². The first kappa shape index (κ1) is 32.1. The summed E-state index contributed by atoms with van der Waals surface area (Å²) in [4.78, 5) is 39.4. The molecule has 1 rings (SSSR count). The van der Waals surface area contributed by atoms with Crippen molar-refractivity contribution in [2.75, 3.05) is 6.61 Å². The van der Waals surface area contributed by atoms with Crippen molar-refractivity contribution in [1.29, 1.82) is 0 Å². The average Bonchev–Trinajstić information content (AvgIpc) is 2.79. The van der Waals surface area contributed by atoms with Crippen LogP contribution in [-0.2, 0) is 30.4 Å². The molecule has 8 nitrogen and oxygen atoms in total. The second kappa shape index (κ2) is 20.5. The Morgan fingerprint density at radius 3 is 2.06 bits per heavy atom. The number of nitrogens with one attached hydrogen (secondary N) is 1. The van der Waals surface area contributed by atoms with Crippen LogP contribution in [0, 0.1) is 0 Å². The first-order valence-electron chi connectivity index (χ1n) is 11.7. The number of carboxylic acids is 1. The fraction of sp³-hybridized carbons (Fsp3) is 0.560. The molecule has 0 aliphatic carbocycles. The predicted molar refractivity (Wildman–Crippen MR) is 122 cm³/mol. The number of unbranched alkanes of at least 4 members (excludes halogenated alkanes) is 9. The van der Waals surface area contributed by atoms with Crippen molar-refractivity contribution in [2.45, 2.75) is 83.6 Å². The van der Waals surface area contributed by atoms with Crippen molar-refractivity contribution in [3.63, 3.8) is 0 Å². The van der Waals surface area contributed by atoms with Crippen molar-refractivity contribution >= 4 is 17.9 Å². The third-order valence-electron chi connectivity index (χ3n) is 5.05. The Morgan fingerprint density at radius 1 is 0.941 bits per heavy atom. The van der Waals surface area contributed by atoms with Gasteiger partial charge in [-0.15, -0.1) is 11.2 Å². The maximum atomic E-state index is 12.5. The minimum Gasteiger partial charge on any atom is -0.872 e. The van der Waals surface area contributed by atoms with Crippen molar-refractivity contribution in [3.8, 4) is 5.75 Å². The fourth-order valence-electron chi connectivity index (χ4n) is 3.20. The van der Waals surface area contributed by atoms with Gasteiger partial charge in [0.1, 0.15) is 6.04 Å². The van der Waals surface area contributed by atoms with Crippen molar-refractivity contribution in [2.24, 2.45) is 0 Å². The third kappa shape index (κ3) is 16.7. The number of carbonyl (C=O) groups excluding carboxylic acids is 2. The van der Waals surface area contributed by atoms with Crippen LogP contribution in [0.15, 0.2) is 36.4 Å². The van der Waals surface area contributed by atoms with E-state index in [4.69, 9.17) is 14.7 Å². The summed E-state index contributed by atoms with van der Waals surface area (Å²) in [6, 6.07) is 4.93. The van der Waals surface area contributed by atoms with Gasteiger partial charge in [-0.1, -0.05) is 89.0 Å². The van der Waals surface area contributed by atoms with E-state index >= 15 is 0 Å². The Kier molecular flexibility index (Phi) is 19.4. The van der Waals surface area contributed by atoms with Crippen molar-refractivity contribution < 1.29 is 63.7 Å². The first-order chi connectivity index (χ1) is 15.9. The van der Waals surface area contributed by atoms with Gasteiger partial charge >= 0.3 is 47.5 Å². The normalized spacial score (nSPS) is 11.6. The molecular weight excluding hydrogens is 449 g/mol. The number of hydrogen-bond donors (Lipinski definition) is 2. The van der Waals surface area contributed by atoms with Crippen LogP contribution >= 0.6 is 0 Å². The Labute approximate surface area is 224 Å². The van der Waals surface area contributed by atoms with Gasteiger partial charge in [0, 0.05) is 18.6 Å². The zero-order valence-electron chi connectivity index (χ0n) is 20.4. The molecule has 0 amide bonds. The second-order valence-corrected chi connectivity index (χ2v) is 7.96. The smallest absolute Gasteiger partial charge is 0.872 e. The van der Waals surface area contributed by atoms with Gasteiger partial charge in [0.2, 0.25) is 0 Å². The maximum absolute atomic E-state index is 12.5. The molecule has 0 saturated carbocycles. The van der Waals surface area contributed by atoms with Gasteiger partial charge in [-0.25, -0.2) is 9.59 Å². The Morgan fingerprint density at radius 2 is 1.50 bits per heavy atom. The summed E-state index contributed by atoms with van der Waals surface area (Å²) in [5.41, 5.74) is 3.03. The molecule has 1 aromatic rings. The zero-order valence-corrected chi connectivity index (χ0v) is 22.4. The number of carboxylic acid groups (broad SMARTS) is 1. The molecule has 0 bridgehead atoms. The fourth-order valence-corrected chi connectivity index (χ4v) is 3.20. The minimum atomic E-state index is -1.29. The van der Waals surface area contributed by atoms with E-state index < -0.39 is 23.9 Å². The number of rotatable bonds is 18. The SMILES string of the molecule is CCCCCCCCCCCCOC(=O)[C@H](Cc1ccc([O-])cc1)NOC(=O)/C=C\C(=O)O.[Na+]. The van der Waals surface area contributed by atoms with Crippen LogP contribution in [0.4, 0.5) is 0 Å². The van der Waals surface area contributed by atoms with Gasteiger partial charge in [0.15, 0.2) is 0 Å². The van der Waals surface area contributed by atoms with E-state index in [2.05, 4.69) is 12.4 Å². The Hall–Kier alpha value is -1.87. The predicted octanol–water partition coefficient (Wildman–Crippen LogP) is 0.828. The van der Waals surface area contributed by atoms with E-state index in [1.165, 1.54) is 57.1 Å². The summed E-state index contributed by atoms with van der Waals surface area (Å²) in [6.45, 7) is 2.47. The molecule has 0 unspecified atom stereocenters. The van der Waals surface area contributed by atoms with Gasteiger partial charge in [0.05, 0.1) is 6.61 Å². The summed E-state index contributed by atoms with van der Waals surface area (Å²) in [6.07, 6.45) is 13.2. The number of ether oxygens (including phenoxy) is 1. The van der Waals surface area contributed by atoms with Crippen LogP contribution in [0.5, 0.6) is 5.75 Å². The van der Waals surface area contributed by atoms with Crippen molar-refractivity contribution in [1.82, 2.24) is 5.48 Å². The number of hydrogen-bond acceptors (Lipinski definition) is 7. The second-order valence-electron chi connectivity index (χ2n) is 7.96. The molecule has 0 saturated heterocycles. The summed E-state index contributed by atoms with van der Waals surface area (Å²) in [7, 11) is 0. The summed E-state index contributed by atoms with van der Waals surface area (Å²) < 4.78 is 5.34. The topological polar surface area (TPSA) is 125 Å². The number of hydroxylamine groups is 1. The van der Waals surface area contributed by atoms with Crippen LogP contribution in [0.3, 0.4) is 0 Å². The third-order valence-corrected chi connectivity index (χ3v) is 5.05. The molecule has 0 radical (unpaired) electrons. The molecule has 2 N–H and O–H groups in total. The number of benzene rings is 1. The zero-order chi connectivity index (χ0) is 24.3. The molecule has 1 aromatic carbocycles. The molecule has 34 heavy (non-hydrogen) atoms. The standard InChI is InChI=1S/C25H37NO7.Na/c1-2-3-4-5-6-7-8-9-10-11-18-32-25(31)22(19-20-12-14-21(27)15-13-20)26-33-24(30)17-16-23(28)29;/h12-17,22,26-27H,2-11,18-19H2,1H3,(H,28,29);/q;+1/p-1/b17-16-;/t22-;/m0./s1. The largest absolute Gasteiger partial charge is 1.00 e. The van der Waals surface area contributed by atoms with E-state index in [0.717, 1.165) is 25.3 Å². The van der Waals surface area contributed by atoms with Crippen LogP contribution < -0.4 is 40.1 Å². The molecule has 0 aliphatic heterocycles. The minimum absolute atomic E-state index is 0. The molecule has 184 valence electrons. The molecule has 0 aromatic heterocycles. The summed E-state index contributed by atoms with van der Waals surface area (Å²) in [5.74, 6) is -3.00. The summed E-state index contributed by atoms with van der Waals surface area (Å²) in [5, 5.41) is 19.8. The molecule has 0 aliphatic rings.